The molecule has 1 aliphatic rings. The Hall–Kier alpha value is -0.120. The molecule has 3 heteroatoms. The smallest absolute Gasteiger partial charge is 0.0612 e. The van der Waals surface area contributed by atoms with Crippen molar-refractivity contribution in [2.45, 2.75) is 45.3 Å². The Kier molecular flexibility index (Phi) is 6.32. The van der Waals surface area contributed by atoms with Crippen molar-refractivity contribution in [2.24, 2.45) is 5.92 Å². The van der Waals surface area contributed by atoms with Crippen LogP contribution in [0.15, 0.2) is 0 Å². The topological polar surface area (TPSA) is 24.5 Å². The molecule has 1 rings (SSSR count). The lowest BCUT2D eigenvalue weighted by Crippen LogP contribution is -2.41. The predicted molar refractivity (Wildman–Crippen MR) is 68.8 cm³/mol. The SMILES string of the molecule is CC(C)C1CC(NCCCN(C)C)CCO1. The van der Waals surface area contributed by atoms with Crippen LogP contribution < -0.4 is 5.32 Å². The van der Waals surface area contributed by atoms with Crippen molar-refractivity contribution < 1.29 is 4.74 Å². The van der Waals surface area contributed by atoms with Gasteiger partial charge in [0.25, 0.3) is 0 Å². The van der Waals surface area contributed by atoms with Crippen LogP contribution in [0.3, 0.4) is 0 Å². The van der Waals surface area contributed by atoms with E-state index in [9.17, 15) is 0 Å². The van der Waals surface area contributed by atoms with E-state index in [2.05, 4.69) is 38.2 Å². The van der Waals surface area contributed by atoms with Crippen LogP contribution in [0.25, 0.3) is 0 Å². The lowest BCUT2D eigenvalue weighted by molar-refractivity contribution is -0.0243. The summed E-state index contributed by atoms with van der Waals surface area (Å²) in [6, 6.07) is 0.670. The highest BCUT2D eigenvalue weighted by molar-refractivity contribution is 4.78. The fourth-order valence-corrected chi connectivity index (χ4v) is 2.18. The summed E-state index contributed by atoms with van der Waals surface area (Å²) >= 11 is 0. The summed E-state index contributed by atoms with van der Waals surface area (Å²) in [5.41, 5.74) is 0. The van der Waals surface area contributed by atoms with Crippen LogP contribution in [0.1, 0.15) is 33.1 Å². The van der Waals surface area contributed by atoms with E-state index in [0.717, 1.165) is 13.2 Å². The minimum atomic E-state index is 0.458. The first-order valence-corrected chi connectivity index (χ1v) is 6.59. The Morgan fingerprint density at radius 3 is 2.75 bits per heavy atom. The molecule has 0 aromatic heterocycles. The molecule has 0 radical (unpaired) electrons. The van der Waals surface area contributed by atoms with Gasteiger partial charge in [0.15, 0.2) is 0 Å². The van der Waals surface area contributed by atoms with Crippen LogP contribution >= 0.6 is 0 Å². The van der Waals surface area contributed by atoms with E-state index in [-0.39, 0.29) is 0 Å². The monoisotopic (exact) mass is 228 g/mol. The van der Waals surface area contributed by atoms with Gasteiger partial charge in [-0.25, -0.2) is 0 Å². The van der Waals surface area contributed by atoms with Gasteiger partial charge in [0.1, 0.15) is 0 Å². The van der Waals surface area contributed by atoms with Gasteiger partial charge in [-0.05, 0) is 52.4 Å². The van der Waals surface area contributed by atoms with Crippen LogP contribution in [0.5, 0.6) is 0 Å². The lowest BCUT2D eigenvalue weighted by Gasteiger charge is -2.32. The molecule has 16 heavy (non-hydrogen) atoms. The summed E-state index contributed by atoms with van der Waals surface area (Å²) in [5.74, 6) is 0.645. The van der Waals surface area contributed by atoms with Crippen molar-refractivity contribution in [3.63, 3.8) is 0 Å². The number of hydrogen-bond acceptors (Lipinski definition) is 3. The number of hydrogen-bond donors (Lipinski definition) is 1. The van der Waals surface area contributed by atoms with Crippen molar-refractivity contribution in [1.29, 1.82) is 0 Å². The molecule has 0 aromatic carbocycles. The molecule has 1 N–H and O–H groups in total. The van der Waals surface area contributed by atoms with Gasteiger partial charge in [0.2, 0.25) is 0 Å². The summed E-state index contributed by atoms with van der Waals surface area (Å²) in [4.78, 5) is 2.24. The molecule has 0 spiro atoms. The fraction of sp³-hybridized carbons (Fsp3) is 1.00. The van der Waals surface area contributed by atoms with Crippen molar-refractivity contribution in [2.75, 3.05) is 33.8 Å². The molecule has 96 valence electrons. The molecule has 0 bridgehead atoms. The Balaban J connectivity index is 2.12. The molecule has 0 amide bonds. The molecule has 1 saturated heterocycles. The van der Waals surface area contributed by atoms with Gasteiger partial charge in [-0.1, -0.05) is 13.8 Å². The molecule has 0 saturated carbocycles. The van der Waals surface area contributed by atoms with Gasteiger partial charge < -0.3 is 15.0 Å². The van der Waals surface area contributed by atoms with E-state index in [1.165, 1.54) is 25.8 Å². The Morgan fingerprint density at radius 2 is 2.12 bits per heavy atom. The highest BCUT2D eigenvalue weighted by Gasteiger charge is 2.24. The van der Waals surface area contributed by atoms with Crippen LogP contribution in [0.2, 0.25) is 0 Å². The van der Waals surface area contributed by atoms with Gasteiger partial charge >= 0.3 is 0 Å². The quantitative estimate of drug-likeness (QED) is 0.701. The maximum absolute atomic E-state index is 5.77. The van der Waals surface area contributed by atoms with Crippen LogP contribution in [0.4, 0.5) is 0 Å². The molecule has 3 nitrogen and oxygen atoms in total. The van der Waals surface area contributed by atoms with Crippen molar-refractivity contribution in [3.05, 3.63) is 0 Å². The maximum atomic E-state index is 5.77. The lowest BCUT2D eigenvalue weighted by atomic mass is 9.95. The van der Waals surface area contributed by atoms with Gasteiger partial charge in [0.05, 0.1) is 6.10 Å². The predicted octanol–water partition coefficient (Wildman–Crippen LogP) is 1.73. The Bertz CT molecular complexity index is 183. The first-order valence-electron chi connectivity index (χ1n) is 6.59. The fourth-order valence-electron chi connectivity index (χ4n) is 2.18. The highest BCUT2D eigenvalue weighted by Crippen LogP contribution is 2.19. The average molecular weight is 228 g/mol. The normalized spacial score (nSPS) is 26.6. The summed E-state index contributed by atoms with van der Waals surface area (Å²) in [5, 5.41) is 3.66. The van der Waals surface area contributed by atoms with E-state index >= 15 is 0 Å². The zero-order chi connectivity index (χ0) is 12.0. The average Bonchev–Trinajstić information content (AvgIpc) is 2.24. The summed E-state index contributed by atoms with van der Waals surface area (Å²) in [7, 11) is 4.26. The van der Waals surface area contributed by atoms with E-state index in [0.29, 0.717) is 18.1 Å². The first-order chi connectivity index (χ1) is 7.59. The third kappa shape index (κ3) is 5.28. The number of nitrogens with zero attached hydrogens (tertiary/aromatic N) is 1. The molecular formula is C13H28N2O. The van der Waals surface area contributed by atoms with Crippen molar-refractivity contribution >= 4 is 0 Å². The van der Waals surface area contributed by atoms with Gasteiger partial charge in [0, 0.05) is 12.6 Å². The number of nitrogens with one attached hydrogen (secondary N) is 1. The zero-order valence-corrected chi connectivity index (χ0v) is 11.3. The minimum Gasteiger partial charge on any atom is -0.378 e. The molecule has 0 aliphatic carbocycles. The van der Waals surface area contributed by atoms with Crippen LogP contribution in [-0.4, -0.2) is 50.8 Å². The van der Waals surface area contributed by atoms with E-state index in [1.807, 2.05) is 0 Å². The molecule has 1 aliphatic heterocycles. The molecule has 1 heterocycles. The highest BCUT2D eigenvalue weighted by atomic mass is 16.5. The molecular weight excluding hydrogens is 200 g/mol. The zero-order valence-electron chi connectivity index (χ0n) is 11.3. The molecule has 1 fully saturated rings. The van der Waals surface area contributed by atoms with Gasteiger partial charge in [-0.2, -0.15) is 0 Å². The third-order valence-electron chi connectivity index (χ3n) is 3.27. The standard InChI is InChI=1S/C13H28N2O/c1-11(2)13-10-12(6-9-16-13)14-7-5-8-15(3)4/h11-14H,5-10H2,1-4H3. The molecule has 2 atom stereocenters. The van der Waals surface area contributed by atoms with Crippen LogP contribution in [0, 0.1) is 5.92 Å². The van der Waals surface area contributed by atoms with Crippen LogP contribution in [-0.2, 0) is 4.74 Å². The second kappa shape index (κ2) is 7.25. The Labute approximate surface area is 101 Å². The van der Waals surface area contributed by atoms with Crippen molar-refractivity contribution in [3.8, 4) is 0 Å². The number of ether oxygens (including phenoxy) is 1. The summed E-state index contributed by atoms with van der Waals surface area (Å²) in [6.07, 6.45) is 4.04. The number of rotatable bonds is 6. The second-order valence-electron chi connectivity index (χ2n) is 5.49. The molecule has 2 unspecified atom stereocenters. The largest absolute Gasteiger partial charge is 0.378 e. The van der Waals surface area contributed by atoms with Gasteiger partial charge in [-0.15, -0.1) is 0 Å². The first kappa shape index (κ1) is 13.9. The Morgan fingerprint density at radius 1 is 1.38 bits per heavy atom. The minimum absolute atomic E-state index is 0.458. The second-order valence-corrected chi connectivity index (χ2v) is 5.49. The third-order valence-corrected chi connectivity index (χ3v) is 3.27. The maximum Gasteiger partial charge on any atom is 0.0612 e. The van der Waals surface area contributed by atoms with E-state index in [4.69, 9.17) is 4.74 Å². The van der Waals surface area contributed by atoms with E-state index < -0.39 is 0 Å². The summed E-state index contributed by atoms with van der Waals surface area (Å²) < 4.78 is 5.77. The van der Waals surface area contributed by atoms with Crippen molar-refractivity contribution in [1.82, 2.24) is 10.2 Å². The van der Waals surface area contributed by atoms with E-state index in [1.54, 1.807) is 0 Å². The summed E-state index contributed by atoms with van der Waals surface area (Å²) in [6.45, 7) is 7.73. The molecule has 0 aromatic rings. The van der Waals surface area contributed by atoms with Gasteiger partial charge in [-0.3, -0.25) is 0 Å².